The van der Waals surface area contributed by atoms with Crippen molar-refractivity contribution in [3.05, 3.63) is 187 Å². The van der Waals surface area contributed by atoms with Gasteiger partial charge in [-0.2, -0.15) is 0 Å². The summed E-state index contributed by atoms with van der Waals surface area (Å²) < 4.78 is 4.79. The Labute approximate surface area is 317 Å². The zero-order valence-corrected chi connectivity index (χ0v) is 32.2. The van der Waals surface area contributed by atoms with Crippen LogP contribution in [0.1, 0.15) is 63.4 Å². The first-order chi connectivity index (χ1) is 26.1. The molecular formula is C49H56N4. The zero-order valence-electron chi connectivity index (χ0n) is 32.2. The fourth-order valence-electron chi connectivity index (χ4n) is 6.58. The van der Waals surface area contributed by atoms with Gasteiger partial charge in [0.1, 0.15) is 0 Å². The van der Waals surface area contributed by atoms with Gasteiger partial charge in [0.05, 0.1) is 16.6 Å². The highest BCUT2D eigenvalue weighted by molar-refractivity contribution is 6.10. The van der Waals surface area contributed by atoms with Crippen molar-refractivity contribution in [2.75, 3.05) is 0 Å². The molecule has 0 saturated heterocycles. The maximum Gasteiger partial charge on any atom is 0.0542 e. The smallest absolute Gasteiger partial charge is 0.0542 e. The fraction of sp³-hybridized carbons (Fsp3) is 0.184. The summed E-state index contributed by atoms with van der Waals surface area (Å²) in [5.41, 5.74) is 23.6. The predicted octanol–water partition coefficient (Wildman–Crippen LogP) is 12.6. The van der Waals surface area contributed by atoms with Crippen LogP contribution in [0.4, 0.5) is 0 Å². The zero-order chi connectivity index (χ0) is 38.2. The van der Waals surface area contributed by atoms with Gasteiger partial charge in [-0.25, -0.2) is 0 Å². The molecule has 1 aliphatic carbocycles. The number of para-hydroxylation sites is 2. The first-order valence-corrected chi connectivity index (χ1v) is 18.9. The molecule has 0 saturated carbocycles. The molecule has 0 unspecified atom stereocenters. The summed E-state index contributed by atoms with van der Waals surface area (Å²) in [6.45, 7) is 18.5. The molecule has 53 heavy (non-hydrogen) atoms. The van der Waals surface area contributed by atoms with Crippen LogP contribution in [0.5, 0.6) is 0 Å². The molecule has 8 rings (SSSR count). The molecule has 0 bridgehead atoms. The first kappa shape index (κ1) is 40.1. The number of allylic oxidation sites excluding steroid dienone is 5. The molecule has 4 nitrogen and oxygen atoms in total. The molecule has 2 heterocycles. The average molecular weight is 701 g/mol. The molecule has 0 spiro atoms. The summed E-state index contributed by atoms with van der Waals surface area (Å²) >= 11 is 0. The Morgan fingerprint density at radius 2 is 1.21 bits per heavy atom. The van der Waals surface area contributed by atoms with Crippen LogP contribution >= 0.6 is 0 Å². The number of rotatable bonds is 7. The minimum Gasteiger partial charge on any atom is -0.326 e. The van der Waals surface area contributed by atoms with E-state index in [9.17, 15) is 0 Å². The molecule has 4 heteroatoms. The van der Waals surface area contributed by atoms with Crippen LogP contribution in [0, 0.1) is 0 Å². The van der Waals surface area contributed by atoms with E-state index in [0.29, 0.717) is 13.1 Å². The van der Waals surface area contributed by atoms with Crippen LogP contribution in [-0.2, 0) is 19.5 Å². The summed E-state index contributed by atoms with van der Waals surface area (Å²) in [4.78, 5) is 0. The fourth-order valence-corrected chi connectivity index (χ4v) is 6.58. The Kier molecular flexibility index (Phi) is 15.4. The molecule has 0 fully saturated rings. The van der Waals surface area contributed by atoms with Crippen molar-refractivity contribution in [1.29, 1.82) is 0 Å². The van der Waals surface area contributed by atoms with Crippen LogP contribution in [0.25, 0.3) is 50.2 Å². The molecule has 0 amide bonds. The van der Waals surface area contributed by atoms with Crippen LogP contribution in [-0.4, -0.2) is 9.13 Å². The normalized spacial score (nSPS) is 11.3. The van der Waals surface area contributed by atoms with Gasteiger partial charge in [0.15, 0.2) is 0 Å². The second-order valence-corrected chi connectivity index (χ2v) is 12.0. The Balaban J connectivity index is 0.000000260. The summed E-state index contributed by atoms with van der Waals surface area (Å²) in [6, 6.07) is 42.8. The van der Waals surface area contributed by atoms with E-state index >= 15 is 0 Å². The van der Waals surface area contributed by atoms with Crippen LogP contribution in [0.3, 0.4) is 0 Å². The lowest BCUT2D eigenvalue weighted by atomic mass is 10.1. The van der Waals surface area contributed by atoms with Gasteiger partial charge in [-0.3, -0.25) is 0 Å². The number of hydrogen-bond acceptors (Lipinski definition) is 2. The molecule has 0 atom stereocenters. The van der Waals surface area contributed by atoms with E-state index in [2.05, 4.69) is 132 Å². The van der Waals surface area contributed by atoms with Crippen LogP contribution < -0.4 is 11.5 Å². The number of aromatic nitrogens is 2. The third-order valence-electron chi connectivity index (χ3n) is 9.01. The standard InChI is InChI=1S/C30H23N3.C8H12.C7H9N.2C2H6/c31-19-20-7-5-8-21(17-20)32-28-13-4-2-10-25(28)26-18-22(15-16-30(26)32)33-27-12-3-1-9-23(27)24-11-6-14-29(24)33;1-4-7-8(5-2)6-3;8-6-7-4-2-1-3-5-7;2*1-2/h1-13,15-18H,14,19,31H2;4-5,7H,1-2,6H2,3H3;1-5H,6,8H2;2*1-2H3/b;8-7+;;;. The Morgan fingerprint density at radius 1 is 0.623 bits per heavy atom. The second kappa shape index (κ2) is 20.4. The van der Waals surface area contributed by atoms with Crippen molar-refractivity contribution in [3.63, 3.8) is 0 Å². The van der Waals surface area contributed by atoms with Crippen LogP contribution in [0.15, 0.2) is 164 Å². The van der Waals surface area contributed by atoms with Gasteiger partial charge in [0, 0.05) is 58.3 Å². The lowest BCUT2D eigenvalue weighted by molar-refractivity contribution is 1.02. The van der Waals surface area contributed by atoms with E-state index in [1.165, 1.54) is 60.8 Å². The first-order valence-electron chi connectivity index (χ1n) is 18.9. The van der Waals surface area contributed by atoms with Gasteiger partial charge >= 0.3 is 0 Å². The van der Waals surface area contributed by atoms with Gasteiger partial charge in [0.2, 0.25) is 0 Å². The minimum atomic E-state index is 0.537. The number of benzene rings is 5. The van der Waals surface area contributed by atoms with Gasteiger partial charge in [-0.1, -0.05) is 157 Å². The summed E-state index contributed by atoms with van der Waals surface area (Å²) in [7, 11) is 0. The number of nitrogens with zero attached hydrogens (tertiary/aromatic N) is 2. The number of fused-ring (bicyclic) bond motifs is 6. The number of nitrogens with two attached hydrogens (primary N) is 2. The van der Waals surface area contributed by atoms with E-state index < -0.39 is 0 Å². The van der Waals surface area contributed by atoms with Crippen molar-refractivity contribution in [3.8, 4) is 11.4 Å². The SMILES string of the molecule is C=C/C=C(\C=C)CC.CC.CC.NCc1cccc(-n2c3ccccc3c3cc(-n4c5c(c6ccccc64)C=CC5)ccc32)c1.NCc1ccccc1. The molecule has 1 aliphatic rings. The van der Waals surface area contributed by atoms with Crippen molar-refractivity contribution >= 4 is 38.8 Å². The summed E-state index contributed by atoms with van der Waals surface area (Å²) in [5.74, 6) is 0. The molecule has 0 radical (unpaired) electrons. The van der Waals surface area contributed by atoms with Gasteiger partial charge < -0.3 is 20.6 Å². The third kappa shape index (κ3) is 9.04. The third-order valence-corrected chi connectivity index (χ3v) is 9.01. The van der Waals surface area contributed by atoms with Crippen molar-refractivity contribution in [2.24, 2.45) is 11.5 Å². The van der Waals surface area contributed by atoms with E-state index in [4.69, 9.17) is 11.5 Å². The van der Waals surface area contributed by atoms with E-state index in [1.807, 2.05) is 70.2 Å². The van der Waals surface area contributed by atoms with E-state index in [-0.39, 0.29) is 0 Å². The molecule has 2 aromatic heterocycles. The monoisotopic (exact) mass is 700 g/mol. The van der Waals surface area contributed by atoms with Crippen molar-refractivity contribution in [2.45, 2.75) is 60.5 Å². The summed E-state index contributed by atoms with van der Waals surface area (Å²) in [6.07, 6.45) is 12.1. The second-order valence-electron chi connectivity index (χ2n) is 12.0. The van der Waals surface area contributed by atoms with E-state index in [1.54, 1.807) is 6.08 Å². The highest BCUT2D eigenvalue weighted by Gasteiger charge is 2.20. The van der Waals surface area contributed by atoms with Gasteiger partial charge in [-0.15, -0.1) is 0 Å². The molecule has 5 aromatic carbocycles. The molecule has 7 aromatic rings. The molecular weight excluding hydrogens is 645 g/mol. The largest absolute Gasteiger partial charge is 0.326 e. The minimum absolute atomic E-state index is 0.537. The average Bonchev–Trinajstić information content (AvgIpc) is 3.94. The molecule has 0 aliphatic heterocycles. The maximum absolute atomic E-state index is 5.94. The Hall–Kier alpha value is -5.68. The predicted molar refractivity (Wildman–Crippen MR) is 234 cm³/mol. The topological polar surface area (TPSA) is 61.9 Å². The van der Waals surface area contributed by atoms with Crippen LogP contribution in [0.2, 0.25) is 0 Å². The van der Waals surface area contributed by atoms with Crippen molar-refractivity contribution < 1.29 is 0 Å². The number of hydrogen-bond donors (Lipinski definition) is 2. The molecule has 272 valence electrons. The highest BCUT2D eigenvalue weighted by atomic mass is 15.0. The van der Waals surface area contributed by atoms with Crippen molar-refractivity contribution in [1.82, 2.24) is 9.13 Å². The quantitative estimate of drug-likeness (QED) is 0.163. The van der Waals surface area contributed by atoms with Gasteiger partial charge in [-0.05, 0) is 65.6 Å². The lowest BCUT2D eigenvalue weighted by Gasteiger charge is -2.12. The van der Waals surface area contributed by atoms with E-state index in [0.717, 1.165) is 24.1 Å². The highest BCUT2D eigenvalue weighted by Crippen LogP contribution is 2.37. The Morgan fingerprint density at radius 3 is 1.81 bits per heavy atom. The maximum atomic E-state index is 5.94. The lowest BCUT2D eigenvalue weighted by Crippen LogP contribution is -2.00. The van der Waals surface area contributed by atoms with Gasteiger partial charge in [0.25, 0.3) is 0 Å². The Bertz CT molecular complexity index is 2300. The molecule has 4 N–H and O–H groups in total. The summed E-state index contributed by atoms with van der Waals surface area (Å²) in [5, 5.41) is 3.85.